The molecule has 124 valence electrons. The number of nitrogens with zero attached hydrogens (tertiary/aromatic N) is 2. The lowest BCUT2D eigenvalue weighted by Crippen LogP contribution is -1.94. The average molecular weight is 336 g/mol. The summed E-state index contributed by atoms with van der Waals surface area (Å²) in [6.45, 7) is 0. The fourth-order valence-electron chi connectivity index (χ4n) is 2.32. The van der Waals surface area contributed by atoms with Gasteiger partial charge in [0.25, 0.3) is 5.69 Å². The number of para-hydroxylation sites is 1. The van der Waals surface area contributed by atoms with Gasteiger partial charge in [0.1, 0.15) is 5.75 Å². The molecule has 3 rings (SSSR count). The van der Waals surface area contributed by atoms with Crippen molar-refractivity contribution in [2.75, 3.05) is 0 Å². The van der Waals surface area contributed by atoms with Crippen molar-refractivity contribution >= 4 is 11.4 Å². The molecule has 0 aromatic heterocycles. The Morgan fingerprint density at radius 2 is 1.36 bits per heavy atom. The molecular weight excluding hydrogens is 324 g/mol. The van der Waals surface area contributed by atoms with E-state index in [1.165, 1.54) is 18.2 Å². The van der Waals surface area contributed by atoms with Crippen LogP contribution in [0, 0.1) is 20.2 Å². The molecule has 0 atom stereocenters. The first-order valence-corrected chi connectivity index (χ1v) is 7.31. The number of ether oxygens (including phenoxy) is 1. The van der Waals surface area contributed by atoms with E-state index in [2.05, 4.69) is 0 Å². The second-order valence-electron chi connectivity index (χ2n) is 5.16. The van der Waals surface area contributed by atoms with E-state index in [0.717, 1.165) is 0 Å². The van der Waals surface area contributed by atoms with Gasteiger partial charge in [-0.3, -0.25) is 20.2 Å². The van der Waals surface area contributed by atoms with Gasteiger partial charge in [-0.15, -0.1) is 0 Å². The quantitative estimate of drug-likeness (QED) is 0.484. The predicted molar refractivity (Wildman–Crippen MR) is 91.7 cm³/mol. The number of non-ortho nitro benzene ring substituents is 1. The second kappa shape index (κ2) is 6.79. The minimum absolute atomic E-state index is 0.0218. The first-order valence-electron chi connectivity index (χ1n) is 7.31. The molecule has 7 heteroatoms. The summed E-state index contributed by atoms with van der Waals surface area (Å²) in [5.41, 5.74) is 1.17. The van der Waals surface area contributed by atoms with Crippen LogP contribution in [0.25, 0.3) is 11.1 Å². The van der Waals surface area contributed by atoms with Crippen molar-refractivity contribution in [1.82, 2.24) is 0 Å². The van der Waals surface area contributed by atoms with Gasteiger partial charge >= 0.3 is 5.69 Å². The Labute approximate surface area is 142 Å². The highest BCUT2D eigenvalue weighted by Gasteiger charge is 2.17. The maximum absolute atomic E-state index is 11.2. The van der Waals surface area contributed by atoms with Gasteiger partial charge in [-0.2, -0.15) is 0 Å². The van der Waals surface area contributed by atoms with Gasteiger partial charge in [0.15, 0.2) is 0 Å². The second-order valence-corrected chi connectivity index (χ2v) is 5.16. The zero-order chi connectivity index (χ0) is 17.8. The summed E-state index contributed by atoms with van der Waals surface area (Å²) >= 11 is 0. The van der Waals surface area contributed by atoms with Crippen LogP contribution in [0.2, 0.25) is 0 Å². The Balaban J connectivity index is 2.00. The molecule has 3 aromatic rings. The molecule has 7 nitrogen and oxygen atoms in total. The van der Waals surface area contributed by atoms with E-state index >= 15 is 0 Å². The molecule has 0 amide bonds. The van der Waals surface area contributed by atoms with Gasteiger partial charge in [-0.25, -0.2) is 0 Å². The Morgan fingerprint density at radius 3 is 1.96 bits per heavy atom. The Bertz CT molecular complexity index is 924. The third kappa shape index (κ3) is 3.61. The highest BCUT2D eigenvalue weighted by molar-refractivity contribution is 5.69. The van der Waals surface area contributed by atoms with Crippen LogP contribution in [0.3, 0.4) is 0 Å². The van der Waals surface area contributed by atoms with Crippen LogP contribution < -0.4 is 4.74 Å². The van der Waals surface area contributed by atoms with Crippen LogP contribution in [-0.4, -0.2) is 9.85 Å². The monoisotopic (exact) mass is 336 g/mol. The molecule has 0 saturated heterocycles. The summed E-state index contributed by atoms with van der Waals surface area (Å²) in [6.07, 6.45) is 0. The summed E-state index contributed by atoms with van der Waals surface area (Å²) in [7, 11) is 0. The van der Waals surface area contributed by atoms with Crippen LogP contribution >= 0.6 is 0 Å². The zero-order valence-corrected chi connectivity index (χ0v) is 12.9. The highest BCUT2D eigenvalue weighted by atomic mass is 16.6. The van der Waals surface area contributed by atoms with E-state index in [1.807, 2.05) is 6.07 Å². The van der Waals surface area contributed by atoms with Crippen LogP contribution in [0.15, 0.2) is 72.8 Å². The third-order valence-corrected chi connectivity index (χ3v) is 3.54. The van der Waals surface area contributed by atoms with Crippen molar-refractivity contribution in [3.05, 3.63) is 93.0 Å². The Kier molecular flexibility index (Phi) is 4.38. The molecule has 0 saturated carbocycles. The van der Waals surface area contributed by atoms with Crippen LogP contribution in [0.4, 0.5) is 11.4 Å². The molecule has 0 unspecified atom stereocenters. The average Bonchev–Trinajstić information content (AvgIpc) is 2.62. The number of rotatable bonds is 5. The molecule has 0 bridgehead atoms. The van der Waals surface area contributed by atoms with E-state index < -0.39 is 9.85 Å². The maximum Gasteiger partial charge on any atom is 0.311 e. The number of nitro groups is 2. The standard InChI is InChI=1S/C18H12N2O5/c21-19(22)15-9-6-13(7-10-15)14-8-11-17(20(23)24)18(12-14)25-16-4-2-1-3-5-16/h1-12H. The van der Waals surface area contributed by atoms with Crippen LogP contribution in [0.5, 0.6) is 11.5 Å². The Morgan fingerprint density at radius 1 is 0.720 bits per heavy atom. The van der Waals surface area contributed by atoms with Gasteiger partial charge < -0.3 is 4.74 Å². The van der Waals surface area contributed by atoms with Crippen molar-refractivity contribution in [2.24, 2.45) is 0 Å². The van der Waals surface area contributed by atoms with E-state index in [9.17, 15) is 20.2 Å². The van der Waals surface area contributed by atoms with Crippen LogP contribution in [0.1, 0.15) is 0 Å². The molecule has 0 fully saturated rings. The van der Waals surface area contributed by atoms with Crippen molar-refractivity contribution in [1.29, 1.82) is 0 Å². The number of hydrogen-bond donors (Lipinski definition) is 0. The molecule has 0 heterocycles. The van der Waals surface area contributed by atoms with Crippen molar-refractivity contribution < 1.29 is 14.6 Å². The molecule has 0 aliphatic heterocycles. The van der Waals surface area contributed by atoms with Gasteiger partial charge in [0.05, 0.1) is 9.85 Å². The normalized spacial score (nSPS) is 10.2. The minimum atomic E-state index is -0.516. The molecule has 0 aliphatic rings. The lowest BCUT2D eigenvalue weighted by Gasteiger charge is -2.08. The summed E-state index contributed by atoms with van der Waals surface area (Å²) in [4.78, 5) is 21.0. The fourth-order valence-corrected chi connectivity index (χ4v) is 2.32. The lowest BCUT2D eigenvalue weighted by atomic mass is 10.0. The van der Waals surface area contributed by atoms with Gasteiger partial charge in [0.2, 0.25) is 5.75 Å². The molecule has 0 N–H and O–H groups in total. The molecular formula is C18H12N2O5. The van der Waals surface area contributed by atoms with Gasteiger partial charge in [-0.1, -0.05) is 18.2 Å². The first-order chi connectivity index (χ1) is 12.0. The fraction of sp³-hybridized carbons (Fsp3) is 0. The van der Waals surface area contributed by atoms with E-state index in [0.29, 0.717) is 16.9 Å². The van der Waals surface area contributed by atoms with E-state index in [1.54, 1.807) is 48.5 Å². The summed E-state index contributed by atoms with van der Waals surface area (Å²) in [6, 6.07) is 19.2. The summed E-state index contributed by atoms with van der Waals surface area (Å²) < 4.78 is 5.65. The smallest absolute Gasteiger partial charge is 0.311 e. The molecule has 0 spiro atoms. The first kappa shape index (κ1) is 16.1. The maximum atomic E-state index is 11.2. The van der Waals surface area contributed by atoms with Crippen molar-refractivity contribution in [3.8, 4) is 22.6 Å². The highest BCUT2D eigenvalue weighted by Crippen LogP contribution is 2.35. The molecule has 25 heavy (non-hydrogen) atoms. The number of nitro benzene ring substituents is 2. The Hall–Kier alpha value is -3.74. The zero-order valence-electron chi connectivity index (χ0n) is 12.9. The van der Waals surface area contributed by atoms with Gasteiger partial charge in [0, 0.05) is 18.2 Å². The minimum Gasteiger partial charge on any atom is -0.450 e. The predicted octanol–water partition coefficient (Wildman–Crippen LogP) is 4.96. The third-order valence-electron chi connectivity index (χ3n) is 3.54. The largest absolute Gasteiger partial charge is 0.450 e. The van der Waals surface area contributed by atoms with E-state index in [-0.39, 0.29) is 17.1 Å². The summed E-state index contributed by atoms with van der Waals surface area (Å²) in [5.74, 6) is 0.582. The van der Waals surface area contributed by atoms with Gasteiger partial charge in [-0.05, 0) is 47.5 Å². The SMILES string of the molecule is O=[N+]([O-])c1ccc(-c2ccc([N+](=O)[O-])c(Oc3ccccc3)c2)cc1. The van der Waals surface area contributed by atoms with E-state index in [4.69, 9.17) is 4.74 Å². The number of benzene rings is 3. The van der Waals surface area contributed by atoms with Crippen molar-refractivity contribution in [3.63, 3.8) is 0 Å². The van der Waals surface area contributed by atoms with Crippen molar-refractivity contribution in [2.45, 2.75) is 0 Å². The van der Waals surface area contributed by atoms with Crippen LogP contribution in [-0.2, 0) is 0 Å². The molecule has 3 aromatic carbocycles. The molecule has 0 aliphatic carbocycles. The summed E-state index contributed by atoms with van der Waals surface area (Å²) in [5, 5.41) is 22.0. The molecule has 0 radical (unpaired) electrons. The number of hydrogen-bond acceptors (Lipinski definition) is 5. The topological polar surface area (TPSA) is 95.5 Å². The lowest BCUT2D eigenvalue weighted by molar-refractivity contribution is -0.385.